The molecule has 2 unspecified atom stereocenters. The molecule has 1 aliphatic carbocycles. The molecule has 0 spiro atoms. The molecule has 4 nitrogen and oxygen atoms in total. The summed E-state index contributed by atoms with van der Waals surface area (Å²) in [7, 11) is 1.63. The Balaban J connectivity index is 2.09. The van der Waals surface area contributed by atoms with Crippen molar-refractivity contribution in [2.75, 3.05) is 12.4 Å². The van der Waals surface area contributed by atoms with Gasteiger partial charge in [0.1, 0.15) is 0 Å². The largest absolute Gasteiger partial charge is 0.493 e. The van der Waals surface area contributed by atoms with Crippen LogP contribution in [0.15, 0.2) is 18.3 Å². The van der Waals surface area contributed by atoms with Crippen LogP contribution in [0.4, 0.5) is 5.82 Å². The first-order chi connectivity index (χ1) is 6.31. The normalized spacial score (nSPS) is 25.4. The first-order valence-electron chi connectivity index (χ1n) is 4.32. The summed E-state index contributed by atoms with van der Waals surface area (Å²) in [5, 5.41) is 3.22. The molecule has 0 amide bonds. The molecule has 0 aromatic carbocycles. The monoisotopic (exact) mass is 179 g/mol. The van der Waals surface area contributed by atoms with Crippen LogP contribution in [0.2, 0.25) is 0 Å². The molecule has 1 heterocycles. The fourth-order valence-corrected chi connectivity index (χ4v) is 1.22. The fourth-order valence-electron chi connectivity index (χ4n) is 1.22. The van der Waals surface area contributed by atoms with Crippen molar-refractivity contribution in [1.82, 2.24) is 4.98 Å². The van der Waals surface area contributed by atoms with Crippen molar-refractivity contribution in [3.63, 3.8) is 0 Å². The molecular weight excluding hydrogens is 166 g/mol. The highest BCUT2D eigenvalue weighted by atomic mass is 16.5. The van der Waals surface area contributed by atoms with Gasteiger partial charge in [-0.2, -0.15) is 0 Å². The summed E-state index contributed by atoms with van der Waals surface area (Å²) in [5.74, 6) is 1.55. The lowest BCUT2D eigenvalue weighted by molar-refractivity contribution is 0.414. The fraction of sp³-hybridized carbons (Fsp3) is 0.444. The minimum Gasteiger partial charge on any atom is -0.493 e. The van der Waals surface area contributed by atoms with Crippen LogP contribution in [0.3, 0.4) is 0 Å². The summed E-state index contributed by atoms with van der Waals surface area (Å²) < 4.78 is 5.14. The summed E-state index contributed by atoms with van der Waals surface area (Å²) >= 11 is 0. The molecule has 0 aliphatic heterocycles. The molecule has 1 fully saturated rings. The Bertz CT molecular complexity index is 303. The molecule has 0 saturated heterocycles. The second-order valence-electron chi connectivity index (χ2n) is 3.20. The van der Waals surface area contributed by atoms with Gasteiger partial charge in [-0.05, 0) is 18.6 Å². The summed E-state index contributed by atoms with van der Waals surface area (Å²) in [6.07, 6.45) is 2.75. The maximum Gasteiger partial charge on any atom is 0.169 e. The molecule has 1 aliphatic rings. The summed E-state index contributed by atoms with van der Waals surface area (Å²) in [4.78, 5) is 4.17. The quantitative estimate of drug-likeness (QED) is 0.713. The van der Waals surface area contributed by atoms with E-state index in [1.807, 2.05) is 12.1 Å². The summed E-state index contributed by atoms with van der Waals surface area (Å²) in [5.41, 5.74) is 5.67. The van der Waals surface area contributed by atoms with Crippen molar-refractivity contribution in [3.8, 4) is 5.75 Å². The van der Waals surface area contributed by atoms with Gasteiger partial charge in [-0.15, -0.1) is 0 Å². The molecule has 2 atom stereocenters. The molecule has 1 aromatic heterocycles. The molecule has 3 N–H and O–H groups in total. The maximum atomic E-state index is 5.67. The van der Waals surface area contributed by atoms with Crippen molar-refractivity contribution in [2.45, 2.75) is 18.5 Å². The van der Waals surface area contributed by atoms with Gasteiger partial charge in [-0.1, -0.05) is 0 Å². The number of methoxy groups -OCH3 is 1. The van der Waals surface area contributed by atoms with E-state index in [1.165, 1.54) is 0 Å². The number of anilines is 1. The van der Waals surface area contributed by atoms with Crippen LogP contribution in [0.5, 0.6) is 5.75 Å². The van der Waals surface area contributed by atoms with Gasteiger partial charge < -0.3 is 15.8 Å². The van der Waals surface area contributed by atoms with Gasteiger partial charge in [0.2, 0.25) is 0 Å². The molecular formula is C9H13N3O. The second-order valence-corrected chi connectivity index (χ2v) is 3.20. The molecule has 13 heavy (non-hydrogen) atoms. The first kappa shape index (κ1) is 8.31. The van der Waals surface area contributed by atoms with E-state index in [0.717, 1.165) is 18.0 Å². The van der Waals surface area contributed by atoms with E-state index >= 15 is 0 Å². The SMILES string of the molecule is COc1cccnc1NC1CC1N. The van der Waals surface area contributed by atoms with E-state index in [0.29, 0.717) is 6.04 Å². The molecule has 2 rings (SSSR count). The standard InChI is InChI=1S/C9H13N3O/c1-13-8-3-2-4-11-9(8)12-7-5-6(7)10/h2-4,6-7H,5,10H2,1H3,(H,11,12). The highest BCUT2D eigenvalue weighted by Crippen LogP contribution is 2.27. The lowest BCUT2D eigenvalue weighted by Gasteiger charge is -2.08. The predicted molar refractivity (Wildman–Crippen MR) is 50.8 cm³/mol. The summed E-state index contributed by atoms with van der Waals surface area (Å²) in [6, 6.07) is 4.36. The Morgan fingerprint density at radius 1 is 1.69 bits per heavy atom. The van der Waals surface area contributed by atoms with E-state index in [4.69, 9.17) is 10.5 Å². The Morgan fingerprint density at radius 3 is 3.08 bits per heavy atom. The van der Waals surface area contributed by atoms with Crippen molar-refractivity contribution in [2.24, 2.45) is 5.73 Å². The molecule has 4 heteroatoms. The van der Waals surface area contributed by atoms with Gasteiger partial charge in [-0.25, -0.2) is 4.98 Å². The molecule has 0 bridgehead atoms. The molecule has 1 aromatic rings. The lowest BCUT2D eigenvalue weighted by Crippen LogP contribution is -2.14. The van der Waals surface area contributed by atoms with Gasteiger partial charge in [-0.3, -0.25) is 0 Å². The average Bonchev–Trinajstić information content (AvgIpc) is 2.83. The van der Waals surface area contributed by atoms with Crippen LogP contribution >= 0.6 is 0 Å². The van der Waals surface area contributed by atoms with Crippen LogP contribution in [0.1, 0.15) is 6.42 Å². The third-order valence-electron chi connectivity index (χ3n) is 2.15. The number of nitrogens with two attached hydrogens (primary N) is 1. The molecule has 1 saturated carbocycles. The number of nitrogens with zero attached hydrogens (tertiary/aromatic N) is 1. The van der Waals surface area contributed by atoms with Gasteiger partial charge >= 0.3 is 0 Å². The van der Waals surface area contributed by atoms with Crippen molar-refractivity contribution < 1.29 is 4.74 Å². The Kier molecular flexibility index (Phi) is 2.06. The molecule has 0 radical (unpaired) electrons. The van der Waals surface area contributed by atoms with E-state index in [-0.39, 0.29) is 6.04 Å². The average molecular weight is 179 g/mol. The Labute approximate surface area is 77.1 Å². The second kappa shape index (κ2) is 3.22. The Morgan fingerprint density at radius 2 is 2.46 bits per heavy atom. The number of hydrogen-bond acceptors (Lipinski definition) is 4. The lowest BCUT2D eigenvalue weighted by atomic mass is 10.4. The van der Waals surface area contributed by atoms with Crippen LogP contribution in [0, 0.1) is 0 Å². The number of rotatable bonds is 3. The van der Waals surface area contributed by atoms with Gasteiger partial charge in [0.05, 0.1) is 7.11 Å². The minimum absolute atomic E-state index is 0.270. The van der Waals surface area contributed by atoms with Crippen LogP contribution in [0.25, 0.3) is 0 Å². The van der Waals surface area contributed by atoms with E-state index in [2.05, 4.69) is 10.3 Å². The topological polar surface area (TPSA) is 60.2 Å². The van der Waals surface area contributed by atoms with Crippen molar-refractivity contribution >= 4 is 5.82 Å². The summed E-state index contributed by atoms with van der Waals surface area (Å²) in [6.45, 7) is 0. The minimum atomic E-state index is 0.270. The van der Waals surface area contributed by atoms with Crippen molar-refractivity contribution in [1.29, 1.82) is 0 Å². The predicted octanol–water partition coefficient (Wildman–Crippen LogP) is 0.602. The number of hydrogen-bond donors (Lipinski definition) is 2. The Hall–Kier alpha value is -1.29. The van der Waals surface area contributed by atoms with E-state index in [1.54, 1.807) is 13.3 Å². The van der Waals surface area contributed by atoms with Crippen LogP contribution < -0.4 is 15.8 Å². The number of ether oxygens (including phenoxy) is 1. The third kappa shape index (κ3) is 1.72. The van der Waals surface area contributed by atoms with Gasteiger partial charge in [0.25, 0.3) is 0 Å². The zero-order valence-electron chi connectivity index (χ0n) is 7.53. The van der Waals surface area contributed by atoms with Crippen LogP contribution in [-0.2, 0) is 0 Å². The van der Waals surface area contributed by atoms with E-state index < -0.39 is 0 Å². The zero-order valence-corrected chi connectivity index (χ0v) is 7.53. The van der Waals surface area contributed by atoms with Gasteiger partial charge in [0.15, 0.2) is 11.6 Å². The highest BCUT2D eigenvalue weighted by Gasteiger charge is 2.34. The van der Waals surface area contributed by atoms with Gasteiger partial charge in [0, 0.05) is 18.3 Å². The number of pyridine rings is 1. The smallest absolute Gasteiger partial charge is 0.169 e. The number of aromatic nitrogens is 1. The molecule has 70 valence electrons. The van der Waals surface area contributed by atoms with E-state index in [9.17, 15) is 0 Å². The zero-order chi connectivity index (χ0) is 9.26. The number of nitrogens with one attached hydrogen (secondary N) is 1. The first-order valence-corrected chi connectivity index (χ1v) is 4.32. The third-order valence-corrected chi connectivity index (χ3v) is 2.15. The van der Waals surface area contributed by atoms with Crippen LogP contribution in [-0.4, -0.2) is 24.2 Å². The van der Waals surface area contributed by atoms with Crippen molar-refractivity contribution in [3.05, 3.63) is 18.3 Å². The highest BCUT2D eigenvalue weighted by molar-refractivity contribution is 5.51. The maximum absolute atomic E-state index is 5.67.